The summed E-state index contributed by atoms with van der Waals surface area (Å²) in [5, 5.41) is 6.88. The van der Waals surface area contributed by atoms with Crippen LogP contribution in [-0.2, 0) is 0 Å². The molecule has 0 radical (unpaired) electrons. The van der Waals surface area contributed by atoms with Gasteiger partial charge in [-0.3, -0.25) is 0 Å². The Morgan fingerprint density at radius 1 is 0.424 bits per heavy atom. The van der Waals surface area contributed by atoms with E-state index in [2.05, 4.69) is 210 Å². The summed E-state index contributed by atoms with van der Waals surface area (Å²) < 4.78 is 15.2. The minimum atomic E-state index is 0.733. The highest BCUT2D eigenvalue weighted by atomic mass is 16.3. The number of nitrogens with zero attached hydrogens (tertiary/aromatic N) is 2. The van der Waals surface area contributed by atoms with Gasteiger partial charge in [0.1, 0.15) is 22.3 Å². The van der Waals surface area contributed by atoms with Gasteiger partial charge in [-0.05, 0) is 113 Å². The van der Waals surface area contributed by atoms with Crippen LogP contribution >= 0.6 is 0 Å². The van der Waals surface area contributed by atoms with E-state index >= 15 is 0 Å². The van der Waals surface area contributed by atoms with Gasteiger partial charge in [-0.1, -0.05) is 116 Å². The fraction of sp³-hybridized carbons (Fsp3) is 0.0182. The number of hydrogen-bond donors (Lipinski definition) is 0. The second kappa shape index (κ2) is 13.1. The van der Waals surface area contributed by atoms with Crippen LogP contribution in [0.4, 0.5) is 11.4 Å². The number of hydrogen-bond acceptors (Lipinski definition) is 3. The van der Waals surface area contributed by atoms with Crippen molar-refractivity contribution in [2.75, 3.05) is 11.4 Å². The van der Waals surface area contributed by atoms with E-state index in [0.29, 0.717) is 0 Å². The van der Waals surface area contributed by atoms with E-state index < -0.39 is 0 Å². The Hall–Kier alpha value is -7.82. The highest BCUT2D eigenvalue weighted by Crippen LogP contribution is 2.40. The second-order valence-corrected chi connectivity index (χ2v) is 15.4. The minimum Gasteiger partial charge on any atom is -0.456 e. The van der Waals surface area contributed by atoms with Gasteiger partial charge in [-0.15, -0.1) is 0 Å². The molecule has 0 saturated carbocycles. The predicted molar refractivity (Wildman–Crippen MR) is 247 cm³/mol. The Kier molecular flexibility index (Phi) is 7.41. The molecule has 1 aliphatic heterocycles. The molecule has 0 spiro atoms. The SMILES string of the molecule is C=C1/C=C\C=C/CN(c2ccc3oc4ccc(-c5cccc(-c6ccc7oc8ccc(-n9c%10ccccc%10c%10ccccc%109)cc8c7c6)c5)cc4c3c2)c2ccccc21. The molecule has 278 valence electrons. The van der Waals surface area contributed by atoms with Crippen molar-refractivity contribution in [3.05, 3.63) is 206 Å². The summed E-state index contributed by atoms with van der Waals surface area (Å²) in [6.45, 7) is 5.09. The molecule has 4 nitrogen and oxygen atoms in total. The number of anilines is 2. The Labute approximate surface area is 340 Å². The van der Waals surface area contributed by atoms with Gasteiger partial charge in [0.15, 0.2) is 0 Å². The zero-order chi connectivity index (χ0) is 39.0. The van der Waals surface area contributed by atoms with Crippen molar-refractivity contribution in [3.63, 3.8) is 0 Å². The van der Waals surface area contributed by atoms with Gasteiger partial charge in [-0.25, -0.2) is 0 Å². The van der Waals surface area contributed by atoms with Crippen molar-refractivity contribution in [2.45, 2.75) is 0 Å². The number of benzene rings is 8. The van der Waals surface area contributed by atoms with Crippen LogP contribution in [0.3, 0.4) is 0 Å². The van der Waals surface area contributed by atoms with Gasteiger partial charge in [0.25, 0.3) is 0 Å². The molecular weight excluding hydrogens is 721 g/mol. The summed E-state index contributed by atoms with van der Waals surface area (Å²) in [7, 11) is 0. The summed E-state index contributed by atoms with van der Waals surface area (Å²) in [4.78, 5) is 2.35. The molecule has 1 aliphatic rings. The predicted octanol–water partition coefficient (Wildman–Crippen LogP) is 15.2. The number of aromatic nitrogens is 1. The molecule has 0 unspecified atom stereocenters. The molecule has 8 aromatic carbocycles. The molecule has 0 atom stereocenters. The minimum absolute atomic E-state index is 0.733. The normalized spacial score (nSPS) is 14.3. The van der Waals surface area contributed by atoms with E-state index in [0.717, 1.165) is 101 Å². The lowest BCUT2D eigenvalue weighted by Gasteiger charge is -2.26. The second-order valence-electron chi connectivity index (χ2n) is 15.4. The largest absolute Gasteiger partial charge is 0.456 e. The average Bonchev–Trinajstić information content (AvgIpc) is 3.97. The molecule has 0 fully saturated rings. The lowest BCUT2D eigenvalue weighted by Crippen LogP contribution is -2.18. The van der Waals surface area contributed by atoms with Crippen molar-refractivity contribution >= 4 is 82.6 Å². The van der Waals surface area contributed by atoms with E-state index in [1.54, 1.807) is 0 Å². The fourth-order valence-electron chi connectivity index (χ4n) is 9.11. The van der Waals surface area contributed by atoms with Crippen molar-refractivity contribution in [1.29, 1.82) is 0 Å². The van der Waals surface area contributed by atoms with E-state index in [1.807, 2.05) is 0 Å². The Bertz CT molecular complexity index is 3520. The summed E-state index contributed by atoms with van der Waals surface area (Å²) in [5.41, 5.74) is 15.9. The lowest BCUT2D eigenvalue weighted by molar-refractivity contribution is 0.668. The number of furan rings is 2. The molecule has 0 amide bonds. The van der Waals surface area contributed by atoms with Crippen molar-refractivity contribution < 1.29 is 8.83 Å². The standard InChI is InChI=1S/C55H36N2O2/c1-35-12-3-2-10-29-56(49-18-7-4-15-42(35)49)40-23-27-54-47(33-40)45-31-38(21-25-52(45)58-54)36-13-11-14-37(30-36)39-22-26-53-46(32-39)48-34-41(24-28-55(48)59-53)57-50-19-8-5-16-43(50)44-17-6-9-20-51(44)57/h2-28,30-34H,1,29H2/b10-2-,12-3-. The van der Waals surface area contributed by atoms with E-state index in [9.17, 15) is 0 Å². The number of allylic oxidation sites excluding steroid dienone is 4. The van der Waals surface area contributed by atoms with E-state index in [-0.39, 0.29) is 0 Å². The summed E-state index contributed by atoms with van der Waals surface area (Å²) in [6.07, 6.45) is 8.41. The first-order valence-electron chi connectivity index (χ1n) is 20.1. The molecule has 0 saturated heterocycles. The van der Waals surface area contributed by atoms with Gasteiger partial charge in [0, 0.05) is 61.5 Å². The molecule has 0 aliphatic carbocycles. The summed E-state index contributed by atoms with van der Waals surface area (Å²) in [6, 6.07) is 60.7. The molecule has 4 heteroatoms. The fourth-order valence-corrected chi connectivity index (χ4v) is 9.11. The molecule has 3 aromatic heterocycles. The Balaban J connectivity index is 0.928. The zero-order valence-electron chi connectivity index (χ0n) is 32.1. The third kappa shape index (κ3) is 5.38. The molecule has 11 aromatic rings. The van der Waals surface area contributed by atoms with Crippen LogP contribution < -0.4 is 4.90 Å². The molecular formula is C55H36N2O2. The van der Waals surface area contributed by atoms with Crippen LogP contribution in [-0.4, -0.2) is 11.1 Å². The van der Waals surface area contributed by atoms with Crippen molar-refractivity contribution in [2.24, 2.45) is 0 Å². The lowest BCUT2D eigenvalue weighted by atomic mass is 9.97. The van der Waals surface area contributed by atoms with E-state index in [4.69, 9.17) is 8.83 Å². The van der Waals surface area contributed by atoms with Crippen molar-refractivity contribution in [3.8, 4) is 27.9 Å². The van der Waals surface area contributed by atoms with Gasteiger partial charge in [0.05, 0.1) is 11.0 Å². The van der Waals surface area contributed by atoms with Gasteiger partial charge >= 0.3 is 0 Å². The molecule has 0 bridgehead atoms. The third-order valence-corrected chi connectivity index (χ3v) is 12.0. The first-order valence-corrected chi connectivity index (χ1v) is 20.1. The average molecular weight is 757 g/mol. The molecule has 4 heterocycles. The van der Waals surface area contributed by atoms with Crippen LogP contribution in [0.15, 0.2) is 210 Å². The quantitative estimate of drug-likeness (QED) is 0.179. The Morgan fingerprint density at radius 3 is 1.61 bits per heavy atom. The molecule has 12 rings (SSSR count). The summed E-state index contributed by atoms with van der Waals surface area (Å²) in [5.74, 6) is 0. The third-order valence-electron chi connectivity index (χ3n) is 12.0. The number of para-hydroxylation sites is 3. The highest BCUT2D eigenvalue weighted by molar-refractivity contribution is 6.11. The molecule has 59 heavy (non-hydrogen) atoms. The zero-order valence-corrected chi connectivity index (χ0v) is 32.1. The summed E-state index contributed by atoms with van der Waals surface area (Å²) >= 11 is 0. The monoisotopic (exact) mass is 756 g/mol. The van der Waals surface area contributed by atoms with Crippen LogP contribution in [0.5, 0.6) is 0 Å². The number of fused-ring (bicyclic) bond motifs is 10. The van der Waals surface area contributed by atoms with Crippen molar-refractivity contribution in [1.82, 2.24) is 4.57 Å². The van der Waals surface area contributed by atoms with Gasteiger partial charge in [0.2, 0.25) is 0 Å². The van der Waals surface area contributed by atoms with Crippen LogP contribution in [0.25, 0.3) is 99.2 Å². The highest BCUT2D eigenvalue weighted by Gasteiger charge is 2.18. The maximum atomic E-state index is 6.41. The first kappa shape index (κ1) is 33.3. The van der Waals surface area contributed by atoms with Gasteiger partial charge in [-0.2, -0.15) is 0 Å². The van der Waals surface area contributed by atoms with Crippen LogP contribution in [0.2, 0.25) is 0 Å². The van der Waals surface area contributed by atoms with Gasteiger partial charge < -0.3 is 18.3 Å². The van der Waals surface area contributed by atoms with Crippen LogP contribution in [0, 0.1) is 0 Å². The smallest absolute Gasteiger partial charge is 0.135 e. The van der Waals surface area contributed by atoms with E-state index in [1.165, 1.54) is 21.8 Å². The first-order chi connectivity index (χ1) is 29.1. The van der Waals surface area contributed by atoms with Crippen LogP contribution in [0.1, 0.15) is 5.56 Å². The Morgan fingerprint density at radius 2 is 0.949 bits per heavy atom. The molecule has 0 N–H and O–H groups in total. The maximum Gasteiger partial charge on any atom is 0.135 e. The maximum absolute atomic E-state index is 6.41. The number of rotatable bonds is 4. The topological polar surface area (TPSA) is 34.5 Å².